The van der Waals surface area contributed by atoms with Gasteiger partial charge in [-0.2, -0.15) is 0 Å². The van der Waals surface area contributed by atoms with E-state index in [0.717, 1.165) is 11.3 Å². The van der Waals surface area contributed by atoms with Gasteiger partial charge in [0.15, 0.2) is 0 Å². The first-order chi connectivity index (χ1) is 11.3. The normalized spacial score (nSPS) is 18.8. The zero-order valence-corrected chi connectivity index (χ0v) is 15.7. The Kier molecular flexibility index (Phi) is 5.05. The summed E-state index contributed by atoms with van der Waals surface area (Å²) >= 11 is 7.12. The van der Waals surface area contributed by atoms with E-state index in [0.29, 0.717) is 37.0 Å². The third-order valence-electron chi connectivity index (χ3n) is 3.60. The molecule has 1 fully saturated rings. The molecule has 0 radical (unpaired) electrons. The summed E-state index contributed by atoms with van der Waals surface area (Å²) in [4.78, 5) is 14.4. The molecule has 0 aliphatic carbocycles. The van der Waals surface area contributed by atoms with Gasteiger partial charge in [-0.1, -0.05) is 0 Å². The van der Waals surface area contributed by atoms with Gasteiger partial charge >= 0.3 is 0 Å². The average molecular weight is 389 g/mol. The van der Waals surface area contributed by atoms with E-state index in [9.17, 15) is 8.42 Å². The molecule has 3 rings (SSSR count). The minimum absolute atomic E-state index is 0.0340. The molecule has 0 bridgehead atoms. The Hall–Kier alpha value is -1.29. The smallest absolute Gasteiger partial charge is 0.224 e. The molecule has 0 saturated carbocycles. The van der Waals surface area contributed by atoms with Crippen LogP contribution >= 0.6 is 22.9 Å². The van der Waals surface area contributed by atoms with E-state index in [-0.39, 0.29) is 21.4 Å². The van der Waals surface area contributed by atoms with Gasteiger partial charge in [0.2, 0.25) is 19.5 Å². The topological polar surface area (TPSA) is 85.3 Å². The fourth-order valence-corrected chi connectivity index (χ4v) is 5.04. The summed E-state index contributed by atoms with van der Waals surface area (Å²) in [7, 11) is -3.55. The van der Waals surface area contributed by atoms with Gasteiger partial charge in [-0.15, -0.1) is 11.3 Å². The summed E-state index contributed by atoms with van der Waals surface area (Å²) < 4.78 is 30.5. The number of hydrogen-bond acceptors (Lipinski definition) is 8. The Morgan fingerprint density at radius 2 is 2.21 bits per heavy atom. The van der Waals surface area contributed by atoms with Gasteiger partial charge < -0.3 is 9.64 Å². The molecule has 0 spiro atoms. The predicted octanol–water partition coefficient (Wildman–Crippen LogP) is 2.09. The van der Waals surface area contributed by atoms with Crippen LogP contribution in [0.2, 0.25) is 5.28 Å². The Labute approximate surface area is 149 Å². The lowest BCUT2D eigenvalue weighted by atomic mass is 10.2. The van der Waals surface area contributed by atoms with E-state index >= 15 is 0 Å². The second-order valence-corrected chi connectivity index (χ2v) is 8.98. The number of ether oxygens (including phenoxy) is 1. The quantitative estimate of drug-likeness (QED) is 0.741. The number of thiazole rings is 1. The average Bonchev–Trinajstić information content (AvgIpc) is 2.94. The highest BCUT2D eigenvalue weighted by atomic mass is 35.5. The van der Waals surface area contributed by atoms with Crippen LogP contribution in [-0.4, -0.2) is 49.2 Å². The van der Waals surface area contributed by atoms with Crippen LogP contribution in [0, 0.1) is 6.92 Å². The Morgan fingerprint density at radius 1 is 1.42 bits per heavy atom. The van der Waals surface area contributed by atoms with Crippen molar-refractivity contribution >= 4 is 38.6 Å². The summed E-state index contributed by atoms with van der Waals surface area (Å²) in [6.45, 7) is 5.64. The molecule has 1 saturated heterocycles. The van der Waals surface area contributed by atoms with Crippen molar-refractivity contribution in [2.75, 3.05) is 24.7 Å². The summed E-state index contributed by atoms with van der Waals surface area (Å²) in [6, 6.07) is 1.81. The predicted molar refractivity (Wildman–Crippen MR) is 92.4 cm³/mol. The minimum atomic E-state index is -3.55. The molecule has 10 heteroatoms. The lowest BCUT2D eigenvalue weighted by molar-refractivity contribution is 0.0985. The SMILES string of the molecule is Cc1csc(S(=O)(=O)Cc2cc(N3CCOC[C@@H]3C)nc(Cl)n2)n1. The number of aromatic nitrogens is 3. The van der Waals surface area contributed by atoms with E-state index in [2.05, 4.69) is 15.0 Å². The molecule has 0 unspecified atom stereocenters. The minimum Gasteiger partial charge on any atom is -0.377 e. The molecular weight excluding hydrogens is 372 g/mol. The Balaban J connectivity index is 1.89. The van der Waals surface area contributed by atoms with Crippen molar-refractivity contribution in [2.45, 2.75) is 30.0 Å². The maximum absolute atomic E-state index is 12.5. The van der Waals surface area contributed by atoms with Crippen molar-refractivity contribution in [3.63, 3.8) is 0 Å². The van der Waals surface area contributed by atoms with Crippen molar-refractivity contribution in [1.29, 1.82) is 0 Å². The van der Waals surface area contributed by atoms with Crippen LogP contribution in [0.3, 0.4) is 0 Å². The molecule has 3 heterocycles. The monoisotopic (exact) mass is 388 g/mol. The third-order valence-corrected chi connectivity index (χ3v) is 6.87. The van der Waals surface area contributed by atoms with Crippen molar-refractivity contribution in [1.82, 2.24) is 15.0 Å². The lowest BCUT2D eigenvalue weighted by Gasteiger charge is -2.34. The zero-order valence-electron chi connectivity index (χ0n) is 13.3. The summed E-state index contributed by atoms with van der Waals surface area (Å²) in [5, 5.41) is 1.74. The highest BCUT2D eigenvalue weighted by molar-refractivity contribution is 7.92. The number of aryl methyl sites for hydroxylation is 1. The van der Waals surface area contributed by atoms with Gasteiger partial charge in [0.25, 0.3) is 0 Å². The number of halogens is 1. The molecule has 7 nitrogen and oxygen atoms in total. The van der Waals surface area contributed by atoms with Crippen LogP contribution in [0.25, 0.3) is 0 Å². The second kappa shape index (κ2) is 6.91. The third kappa shape index (κ3) is 3.85. The number of sulfone groups is 1. The molecule has 0 aromatic carbocycles. The Bertz CT molecular complexity index is 840. The molecular formula is C14H17ClN4O3S2. The van der Waals surface area contributed by atoms with Gasteiger partial charge in [0.05, 0.1) is 30.7 Å². The van der Waals surface area contributed by atoms with E-state index in [1.165, 1.54) is 0 Å². The molecule has 1 aliphatic heterocycles. The van der Waals surface area contributed by atoms with Crippen molar-refractivity contribution in [3.05, 3.63) is 28.1 Å². The van der Waals surface area contributed by atoms with E-state index in [1.807, 2.05) is 11.8 Å². The first-order valence-electron chi connectivity index (χ1n) is 7.38. The zero-order chi connectivity index (χ0) is 17.3. The second-order valence-electron chi connectivity index (χ2n) is 5.62. The van der Waals surface area contributed by atoms with Crippen LogP contribution in [0.4, 0.5) is 5.82 Å². The van der Waals surface area contributed by atoms with Gasteiger partial charge in [0.1, 0.15) is 5.82 Å². The largest absolute Gasteiger partial charge is 0.377 e. The van der Waals surface area contributed by atoms with E-state index in [1.54, 1.807) is 18.4 Å². The van der Waals surface area contributed by atoms with Crippen molar-refractivity contribution in [2.24, 2.45) is 0 Å². The van der Waals surface area contributed by atoms with Crippen molar-refractivity contribution < 1.29 is 13.2 Å². The fourth-order valence-electron chi connectivity index (χ4n) is 2.47. The lowest BCUT2D eigenvalue weighted by Crippen LogP contribution is -2.44. The first-order valence-corrected chi connectivity index (χ1v) is 10.3. The highest BCUT2D eigenvalue weighted by Crippen LogP contribution is 2.24. The van der Waals surface area contributed by atoms with Gasteiger partial charge in [0, 0.05) is 23.7 Å². The molecule has 0 amide bonds. The van der Waals surface area contributed by atoms with E-state index < -0.39 is 9.84 Å². The fraction of sp³-hybridized carbons (Fsp3) is 0.500. The number of anilines is 1. The molecule has 2 aromatic rings. The first kappa shape index (κ1) is 17.5. The van der Waals surface area contributed by atoms with Gasteiger partial charge in [-0.3, -0.25) is 0 Å². The van der Waals surface area contributed by atoms with Crippen LogP contribution in [0.1, 0.15) is 18.3 Å². The maximum Gasteiger partial charge on any atom is 0.224 e. The molecule has 1 atom stereocenters. The highest BCUT2D eigenvalue weighted by Gasteiger charge is 2.24. The molecule has 0 N–H and O–H groups in total. The summed E-state index contributed by atoms with van der Waals surface area (Å²) in [5.41, 5.74) is 1.04. The summed E-state index contributed by atoms with van der Waals surface area (Å²) in [5.74, 6) is 0.361. The number of morpholine rings is 1. The number of hydrogen-bond donors (Lipinski definition) is 0. The van der Waals surface area contributed by atoms with Crippen molar-refractivity contribution in [3.8, 4) is 0 Å². The van der Waals surface area contributed by atoms with E-state index in [4.69, 9.17) is 16.3 Å². The maximum atomic E-state index is 12.5. The van der Waals surface area contributed by atoms with Crippen LogP contribution < -0.4 is 4.90 Å². The van der Waals surface area contributed by atoms with Crippen LogP contribution in [-0.2, 0) is 20.3 Å². The van der Waals surface area contributed by atoms with Crippen LogP contribution in [0.5, 0.6) is 0 Å². The summed E-state index contributed by atoms with van der Waals surface area (Å²) in [6.07, 6.45) is 0. The molecule has 2 aromatic heterocycles. The van der Waals surface area contributed by atoms with Gasteiger partial charge in [-0.25, -0.2) is 23.4 Å². The number of rotatable bonds is 4. The molecule has 24 heavy (non-hydrogen) atoms. The molecule has 1 aliphatic rings. The number of nitrogens with zero attached hydrogens (tertiary/aromatic N) is 4. The van der Waals surface area contributed by atoms with Crippen LogP contribution in [0.15, 0.2) is 15.8 Å². The standard InChI is InChI=1S/C14H17ClN4O3S2/c1-9-7-23-14(16-9)24(20,21)8-11-5-12(18-13(15)17-11)19-3-4-22-6-10(19)2/h5,7,10H,3-4,6,8H2,1-2H3/t10-/m0/s1. The molecule has 130 valence electrons. The van der Waals surface area contributed by atoms with Gasteiger partial charge in [-0.05, 0) is 25.4 Å². The Morgan fingerprint density at radius 3 is 2.88 bits per heavy atom.